The number of benzene rings is 1. The van der Waals surface area contributed by atoms with Gasteiger partial charge in [-0.1, -0.05) is 36.4 Å². The topological polar surface area (TPSA) is 74.7 Å². The number of nitrogens with one attached hydrogen (secondary N) is 2. The zero-order valence-electron chi connectivity index (χ0n) is 22.0. The van der Waals surface area contributed by atoms with E-state index in [2.05, 4.69) is 89.0 Å². The summed E-state index contributed by atoms with van der Waals surface area (Å²) in [6.07, 6.45) is 13.7. The number of fused-ring (bicyclic) bond motifs is 1. The van der Waals surface area contributed by atoms with Gasteiger partial charge in [0.1, 0.15) is 5.65 Å². The summed E-state index contributed by atoms with van der Waals surface area (Å²) in [4.78, 5) is 12.7. The van der Waals surface area contributed by atoms with Crippen LogP contribution in [0.5, 0.6) is 0 Å². The molecule has 39 heavy (non-hydrogen) atoms. The fourth-order valence-electron chi connectivity index (χ4n) is 5.83. The van der Waals surface area contributed by atoms with Crippen LogP contribution in [0.25, 0.3) is 21.5 Å². The fourth-order valence-corrected chi connectivity index (χ4v) is 6.71. The Labute approximate surface area is 238 Å². The van der Waals surface area contributed by atoms with Crippen molar-refractivity contribution in [1.29, 1.82) is 0 Å². The third-order valence-corrected chi connectivity index (χ3v) is 8.86. The molecule has 202 valence electrons. The van der Waals surface area contributed by atoms with E-state index >= 15 is 0 Å². The van der Waals surface area contributed by atoms with Crippen molar-refractivity contribution in [2.75, 3.05) is 31.1 Å². The molecule has 0 aliphatic heterocycles. The molecule has 1 aromatic carbocycles. The molecule has 1 fully saturated rings. The molecule has 0 radical (unpaired) electrons. The summed E-state index contributed by atoms with van der Waals surface area (Å²) in [5.41, 5.74) is 4.69. The molecule has 2 atom stereocenters. The smallest absolute Gasteiger partial charge is 0.224 e. The molecule has 1 aliphatic rings. The maximum absolute atomic E-state index is 6.24. The van der Waals surface area contributed by atoms with Crippen molar-refractivity contribution in [3.8, 4) is 10.4 Å². The van der Waals surface area contributed by atoms with Crippen LogP contribution in [-0.4, -0.2) is 50.9 Å². The number of aromatic amines is 1. The standard InChI is InChI=1S/C30H34ClN7S/c31-30-33-19-26-27(28-8-4-15-39-28)21-38(29(26)36-30)24-10-9-23(16-24)20-37(25-17-34-35-18-25)14-5-12-32-13-11-22-6-2-1-3-7-22/h1-4,6-8,15,17-19,21,23-24,32H,5,9-14,16,20H2,(H,34,35). The van der Waals surface area contributed by atoms with Gasteiger partial charge in [-0.15, -0.1) is 11.3 Å². The molecule has 7 nitrogen and oxygen atoms in total. The zero-order chi connectivity index (χ0) is 26.4. The van der Waals surface area contributed by atoms with Crippen LogP contribution in [0.4, 0.5) is 5.69 Å². The maximum Gasteiger partial charge on any atom is 0.224 e. The van der Waals surface area contributed by atoms with Crippen molar-refractivity contribution < 1.29 is 0 Å². The predicted molar refractivity (Wildman–Crippen MR) is 161 cm³/mol. The Balaban J connectivity index is 1.08. The monoisotopic (exact) mass is 559 g/mol. The van der Waals surface area contributed by atoms with Crippen LogP contribution in [0.1, 0.15) is 37.3 Å². The van der Waals surface area contributed by atoms with Gasteiger partial charge in [-0.05, 0) is 79.7 Å². The molecule has 5 aromatic rings. The highest BCUT2D eigenvalue weighted by Gasteiger charge is 2.30. The lowest BCUT2D eigenvalue weighted by atomic mass is 10.1. The largest absolute Gasteiger partial charge is 0.369 e. The molecule has 4 heterocycles. The second-order valence-corrected chi connectivity index (χ2v) is 11.7. The van der Waals surface area contributed by atoms with Gasteiger partial charge in [0, 0.05) is 53.5 Å². The third kappa shape index (κ3) is 6.19. The lowest BCUT2D eigenvalue weighted by Gasteiger charge is -2.26. The summed E-state index contributed by atoms with van der Waals surface area (Å²) in [5.74, 6) is 0.607. The van der Waals surface area contributed by atoms with Crippen molar-refractivity contribution in [3.05, 3.63) is 83.5 Å². The molecule has 0 spiro atoms. The van der Waals surface area contributed by atoms with E-state index in [4.69, 9.17) is 11.6 Å². The zero-order valence-corrected chi connectivity index (χ0v) is 23.5. The number of anilines is 1. The highest BCUT2D eigenvalue weighted by molar-refractivity contribution is 7.13. The number of aromatic nitrogens is 5. The predicted octanol–water partition coefficient (Wildman–Crippen LogP) is 6.61. The van der Waals surface area contributed by atoms with Crippen LogP contribution in [0.2, 0.25) is 5.28 Å². The summed E-state index contributed by atoms with van der Waals surface area (Å²) < 4.78 is 2.36. The van der Waals surface area contributed by atoms with E-state index < -0.39 is 0 Å². The van der Waals surface area contributed by atoms with Crippen LogP contribution < -0.4 is 10.2 Å². The number of nitrogens with zero attached hydrogens (tertiary/aromatic N) is 5. The Bertz CT molecular complexity index is 1450. The Hall–Kier alpha value is -3.20. The minimum Gasteiger partial charge on any atom is -0.369 e. The van der Waals surface area contributed by atoms with Crippen LogP contribution in [0.3, 0.4) is 0 Å². The molecule has 0 saturated heterocycles. The van der Waals surface area contributed by atoms with E-state index in [1.165, 1.54) is 28.1 Å². The average Bonchev–Trinajstić information content (AvgIpc) is 3.77. The summed E-state index contributed by atoms with van der Waals surface area (Å²) in [6.45, 7) is 4.06. The molecule has 4 aromatic heterocycles. The van der Waals surface area contributed by atoms with Gasteiger partial charge in [-0.2, -0.15) is 10.1 Å². The van der Waals surface area contributed by atoms with E-state index in [0.29, 0.717) is 17.2 Å². The Morgan fingerprint density at radius 3 is 2.85 bits per heavy atom. The lowest BCUT2D eigenvalue weighted by Crippen LogP contribution is -2.31. The van der Waals surface area contributed by atoms with Crippen molar-refractivity contribution in [1.82, 2.24) is 30.0 Å². The van der Waals surface area contributed by atoms with E-state index in [9.17, 15) is 0 Å². The SMILES string of the molecule is Clc1ncc2c(-c3cccs3)cn(C3CCC(CN(CCCNCCc4ccccc4)c4cn[nH]c4)C3)c2n1. The number of H-pyrrole nitrogens is 1. The van der Waals surface area contributed by atoms with Crippen molar-refractivity contribution in [2.24, 2.45) is 5.92 Å². The Morgan fingerprint density at radius 1 is 1.10 bits per heavy atom. The molecule has 0 bridgehead atoms. The Kier molecular flexibility index (Phi) is 8.23. The summed E-state index contributed by atoms with van der Waals surface area (Å²) in [5, 5.41) is 14.3. The quantitative estimate of drug-likeness (QED) is 0.133. The average molecular weight is 560 g/mol. The molecule has 2 unspecified atom stereocenters. The first-order valence-corrected chi connectivity index (χ1v) is 15.1. The minimum atomic E-state index is 0.303. The second kappa shape index (κ2) is 12.3. The lowest BCUT2D eigenvalue weighted by molar-refractivity contribution is 0.476. The van der Waals surface area contributed by atoms with Gasteiger partial charge < -0.3 is 14.8 Å². The summed E-state index contributed by atoms with van der Waals surface area (Å²) in [6, 6.07) is 15.3. The fraction of sp³-hybridized carbons (Fsp3) is 0.367. The molecule has 6 rings (SSSR count). The first-order valence-electron chi connectivity index (χ1n) is 13.8. The van der Waals surface area contributed by atoms with Crippen LogP contribution in [-0.2, 0) is 6.42 Å². The minimum absolute atomic E-state index is 0.303. The number of halogens is 1. The van der Waals surface area contributed by atoms with E-state index in [0.717, 1.165) is 62.9 Å². The summed E-state index contributed by atoms with van der Waals surface area (Å²) in [7, 11) is 0. The van der Waals surface area contributed by atoms with Gasteiger partial charge >= 0.3 is 0 Å². The molecule has 1 saturated carbocycles. The van der Waals surface area contributed by atoms with Crippen molar-refractivity contribution in [2.45, 2.75) is 38.1 Å². The van der Waals surface area contributed by atoms with Crippen molar-refractivity contribution >= 4 is 39.7 Å². The summed E-state index contributed by atoms with van der Waals surface area (Å²) >= 11 is 7.99. The van der Waals surface area contributed by atoms with Gasteiger partial charge in [0.15, 0.2) is 0 Å². The number of hydrogen-bond donors (Lipinski definition) is 2. The van der Waals surface area contributed by atoms with Crippen LogP contribution in [0, 0.1) is 5.92 Å². The van der Waals surface area contributed by atoms with Gasteiger partial charge in [0.05, 0.1) is 11.9 Å². The van der Waals surface area contributed by atoms with Gasteiger partial charge in [-0.25, -0.2) is 4.98 Å². The first-order chi connectivity index (χ1) is 19.2. The number of rotatable bonds is 12. The molecule has 1 aliphatic carbocycles. The first kappa shape index (κ1) is 26.0. The highest BCUT2D eigenvalue weighted by atomic mass is 35.5. The second-order valence-electron chi connectivity index (χ2n) is 10.4. The normalized spacial score (nSPS) is 17.3. The molecule has 0 amide bonds. The molecular formula is C30H34ClN7S. The van der Waals surface area contributed by atoms with Crippen LogP contribution >= 0.6 is 22.9 Å². The van der Waals surface area contributed by atoms with E-state index in [1.807, 2.05) is 18.6 Å². The van der Waals surface area contributed by atoms with Crippen molar-refractivity contribution in [3.63, 3.8) is 0 Å². The molecule has 2 N–H and O–H groups in total. The Morgan fingerprint density at radius 2 is 2.03 bits per heavy atom. The number of hydrogen-bond acceptors (Lipinski definition) is 6. The molecule has 9 heteroatoms. The molecular weight excluding hydrogens is 526 g/mol. The van der Waals surface area contributed by atoms with Gasteiger partial charge in [-0.3, -0.25) is 5.10 Å². The third-order valence-electron chi connectivity index (χ3n) is 7.78. The highest BCUT2D eigenvalue weighted by Crippen LogP contribution is 2.41. The van der Waals surface area contributed by atoms with Gasteiger partial charge in [0.2, 0.25) is 5.28 Å². The number of thiophene rings is 1. The van der Waals surface area contributed by atoms with E-state index in [-0.39, 0.29) is 0 Å². The van der Waals surface area contributed by atoms with E-state index in [1.54, 1.807) is 11.3 Å². The van der Waals surface area contributed by atoms with Crippen LogP contribution in [0.15, 0.2) is 72.6 Å². The maximum atomic E-state index is 6.24. The van der Waals surface area contributed by atoms with Gasteiger partial charge in [0.25, 0.3) is 0 Å².